The van der Waals surface area contributed by atoms with Gasteiger partial charge in [0.2, 0.25) is 5.88 Å². The van der Waals surface area contributed by atoms with E-state index < -0.39 is 5.82 Å². The monoisotopic (exact) mass is 590 g/mol. The zero-order chi connectivity index (χ0) is 29.9. The largest absolute Gasteiger partial charge is 0.508 e. The lowest BCUT2D eigenvalue weighted by molar-refractivity contribution is 0.191. The molecule has 2 unspecified atom stereocenters. The summed E-state index contributed by atoms with van der Waals surface area (Å²) in [7, 11) is 2.15. The summed E-state index contributed by atoms with van der Waals surface area (Å²) in [4.78, 5) is 9.94. The first-order chi connectivity index (χ1) is 21.5. The topological polar surface area (TPSA) is 72.6 Å². The van der Waals surface area contributed by atoms with Crippen LogP contribution < -0.4 is 9.64 Å². The van der Waals surface area contributed by atoms with Crippen molar-refractivity contribution in [2.45, 2.75) is 69.9 Å². The molecule has 1 saturated heterocycles. The van der Waals surface area contributed by atoms with Gasteiger partial charge >= 0.3 is 0 Å². The third-order valence-corrected chi connectivity index (χ3v) is 11.0. The molecule has 6 nitrogen and oxygen atoms in total. The average Bonchev–Trinajstić information content (AvgIpc) is 3.78. The lowest BCUT2D eigenvalue weighted by atomic mass is 9.76. The highest BCUT2D eigenvalue weighted by Crippen LogP contribution is 2.55. The van der Waals surface area contributed by atoms with Crippen molar-refractivity contribution in [1.29, 1.82) is 5.26 Å². The molecule has 3 aromatic carbocycles. The Morgan fingerprint density at radius 2 is 1.91 bits per heavy atom. The lowest BCUT2D eigenvalue weighted by Gasteiger charge is -2.48. The molecular formula is C37H39FN4O2. The van der Waals surface area contributed by atoms with E-state index in [2.05, 4.69) is 29.0 Å². The van der Waals surface area contributed by atoms with E-state index in [0.29, 0.717) is 59.5 Å². The fourth-order valence-electron chi connectivity index (χ4n) is 8.84. The van der Waals surface area contributed by atoms with Gasteiger partial charge in [0.1, 0.15) is 17.9 Å². The van der Waals surface area contributed by atoms with Crippen LogP contribution in [0, 0.1) is 29.0 Å². The molecule has 1 N–H and O–H groups in total. The van der Waals surface area contributed by atoms with Crippen LogP contribution in [0.4, 0.5) is 10.1 Å². The number of halogens is 1. The molecule has 3 heterocycles. The molecule has 3 aliphatic carbocycles. The number of phenolic OH excluding ortho intramolecular Hbond substituents is 1. The third-order valence-electron chi connectivity index (χ3n) is 11.0. The van der Waals surface area contributed by atoms with E-state index in [1.54, 1.807) is 12.1 Å². The number of aromatic hydroxyl groups is 1. The quantitative estimate of drug-likeness (QED) is 0.242. The average molecular weight is 591 g/mol. The maximum Gasteiger partial charge on any atom is 0.219 e. The normalized spacial score (nSPS) is 24.4. The Labute approximate surface area is 258 Å². The number of likely N-dealkylation sites (N-methyl/N-ethyl adjacent to an activating group) is 1. The number of aryl methyl sites for hydroxylation is 1. The zero-order valence-corrected chi connectivity index (χ0v) is 25.4. The number of pyridine rings is 1. The minimum absolute atomic E-state index is 0.0826. The van der Waals surface area contributed by atoms with Gasteiger partial charge in [-0.2, -0.15) is 5.26 Å². The van der Waals surface area contributed by atoms with E-state index in [-0.39, 0.29) is 12.2 Å². The SMILES string of the molecule is CN1CCC[C@H]1COc1nc2c(F)c(-c3cc(O)cc4ccccc34)c(CCC#N)cc2c2c1CCCN2C1C2CCC1C2. The number of nitrogens with zero attached hydrogens (tertiary/aromatic N) is 4. The van der Waals surface area contributed by atoms with Crippen LogP contribution in [0.15, 0.2) is 42.5 Å². The summed E-state index contributed by atoms with van der Waals surface area (Å²) >= 11 is 0. The molecule has 1 aromatic heterocycles. The predicted octanol–water partition coefficient (Wildman–Crippen LogP) is 7.38. The number of likely N-dealkylation sites (tertiary alicyclic amines) is 1. The van der Waals surface area contributed by atoms with Crippen molar-refractivity contribution in [2.75, 3.05) is 31.6 Å². The summed E-state index contributed by atoms with van der Waals surface area (Å²) in [6.45, 7) is 2.57. The molecule has 7 heteroatoms. The molecule has 4 fully saturated rings. The second kappa shape index (κ2) is 10.9. The molecule has 0 spiro atoms. The standard InChI is InChI=1S/C37H39FN4O2/c1-41-15-5-9-26(41)21-44-37-29-11-6-16-42(35-24-12-13-25(35)17-24)36(29)31-19-23(8-4-14-39)32(33(38)34(31)40-37)30-20-27(43)18-22-7-2-3-10-28(22)30/h2-3,7,10,18-20,24-26,35,43H,4-6,8-9,11-13,15-17,21H2,1H3/t24?,25?,26-,35?/m0/s1. The molecule has 2 bridgehead atoms. The van der Waals surface area contributed by atoms with E-state index in [4.69, 9.17) is 9.72 Å². The molecule has 5 aliphatic rings. The summed E-state index contributed by atoms with van der Waals surface area (Å²) in [6.07, 6.45) is 8.69. The Balaban J connectivity index is 1.36. The molecule has 226 valence electrons. The second-order valence-corrected chi connectivity index (χ2v) is 13.4. The van der Waals surface area contributed by atoms with Crippen LogP contribution in [0.1, 0.15) is 56.1 Å². The maximum absolute atomic E-state index is 17.3. The van der Waals surface area contributed by atoms with Crippen molar-refractivity contribution in [3.8, 4) is 28.8 Å². The Bertz CT molecular complexity index is 1800. The maximum atomic E-state index is 17.3. The molecule has 0 amide bonds. The highest BCUT2D eigenvalue weighted by molar-refractivity contribution is 6.04. The van der Waals surface area contributed by atoms with Gasteiger partial charge < -0.3 is 19.6 Å². The summed E-state index contributed by atoms with van der Waals surface area (Å²) in [6, 6.07) is 16.3. The minimum atomic E-state index is -0.404. The fourth-order valence-corrected chi connectivity index (χ4v) is 8.84. The first-order valence-corrected chi connectivity index (χ1v) is 16.4. The van der Waals surface area contributed by atoms with Gasteiger partial charge in [-0.15, -0.1) is 0 Å². The molecule has 9 rings (SSSR count). The van der Waals surface area contributed by atoms with E-state index in [9.17, 15) is 10.4 Å². The van der Waals surface area contributed by atoms with Gasteiger partial charge in [-0.25, -0.2) is 9.37 Å². The molecule has 3 saturated carbocycles. The molecule has 3 atom stereocenters. The van der Waals surface area contributed by atoms with Crippen LogP contribution in [0.2, 0.25) is 0 Å². The predicted molar refractivity (Wildman–Crippen MR) is 172 cm³/mol. The molecule has 4 aromatic rings. The third kappa shape index (κ3) is 4.41. The highest BCUT2D eigenvalue weighted by Gasteiger charge is 2.50. The van der Waals surface area contributed by atoms with Gasteiger partial charge in [0.15, 0.2) is 5.82 Å². The van der Waals surface area contributed by atoms with Gasteiger partial charge in [0.05, 0.1) is 11.8 Å². The number of nitriles is 1. The fraction of sp³-hybridized carbons (Fsp3) is 0.459. The number of hydrogen-bond acceptors (Lipinski definition) is 6. The summed E-state index contributed by atoms with van der Waals surface area (Å²) in [5.41, 5.74) is 4.34. The Kier molecular flexibility index (Phi) is 6.86. The number of benzene rings is 3. The van der Waals surface area contributed by atoms with Crippen molar-refractivity contribution >= 4 is 27.4 Å². The highest BCUT2D eigenvalue weighted by atomic mass is 19.1. The molecular weight excluding hydrogens is 551 g/mol. The molecule has 2 aliphatic heterocycles. The van der Waals surface area contributed by atoms with E-state index in [1.807, 2.05) is 24.3 Å². The van der Waals surface area contributed by atoms with Crippen molar-refractivity contribution in [3.05, 3.63) is 59.4 Å². The van der Waals surface area contributed by atoms with Gasteiger partial charge in [0.25, 0.3) is 0 Å². The lowest BCUT2D eigenvalue weighted by Crippen LogP contribution is -2.51. The van der Waals surface area contributed by atoms with Gasteiger partial charge in [-0.05, 0) is 117 Å². The minimum Gasteiger partial charge on any atom is -0.508 e. The summed E-state index contributed by atoms with van der Waals surface area (Å²) < 4.78 is 23.9. The van der Waals surface area contributed by atoms with Gasteiger partial charge in [0, 0.05) is 41.6 Å². The van der Waals surface area contributed by atoms with Gasteiger partial charge in [-0.1, -0.05) is 24.3 Å². The second-order valence-electron chi connectivity index (χ2n) is 13.4. The van der Waals surface area contributed by atoms with Crippen molar-refractivity contribution in [2.24, 2.45) is 11.8 Å². The number of ether oxygens (including phenoxy) is 1. The summed E-state index contributed by atoms with van der Waals surface area (Å²) in [5.74, 6) is 1.65. The van der Waals surface area contributed by atoms with Crippen LogP contribution in [0.3, 0.4) is 0 Å². The molecule has 44 heavy (non-hydrogen) atoms. The van der Waals surface area contributed by atoms with Crippen LogP contribution in [-0.2, 0) is 12.8 Å². The van der Waals surface area contributed by atoms with Crippen molar-refractivity contribution in [3.63, 3.8) is 0 Å². The zero-order valence-electron chi connectivity index (χ0n) is 25.4. The van der Waals surface area contributed by atoms with Crippen LogP contribution in [0.5, 0.6) is 11.6 Å². The van der Waals surface area contributed by atoms with Crippen LogP contribution >= 0.6 is 0 Å². The smallest absolute Gasteiger partial charge is 0.219 e. The van der Waals surface area contributed by atoms with E-state index in [0.717, 1.165) is 71.7 Å². The Morgan fingerprint density at radius 1 is 1.07 bits per heavy atom. The van der Waals surface area contributed by atoms with Gasteiger partial charge in [-0.3, -0.25) is 0 Å². The van der Waals surface area contributed by atoms with E-state index in [1.165, 1.54) is 19.3 Å². The molecule has 0 radical (unpaired) electrons. The van der Waals surface area contributed by atoms with Crippen LogP contribution in [-0.4, -0.2) is 53.8 Å². The van der Waals surface area contributed by atoms with Crippen LogP contribution in [0.25, 0.3) is 32.8 Å². The first-order valence-electron chi connectivity index (χ1n) is 16.4. The number of fused-ring (bicyclic) bond motifs is 5. The summed E-state index contributed by atoms with van der Waals surface area (Å²) in [5, 5.41) is 22.8. The number of anilines is 1. The number of aromatic nitrogens is 1. The van der Waals surface area contributed by atoms with Crippen molar-refractivity contribution in [1.82, 2.24) is 9.88 Å². The number of hydrogen-bond donors (Lipinski definition) is 1. The Hall–Kier alpha value is -3.89. The van der Waals surface area contributed by atoms with Crippen molar-refractivity contribution < 1.29 is 14.2 Å². The number of phenols is 1. The Morgan fingerprint density at radius 3 is 2.68 bits per heavy atom. The first kappa shape index (κ1) is 27.6. The van der Waals surface area contributed by atoms with E-state index >= 15 is 4.39 Å². The number of rotatable bonds is 7.